The first-order valence-electron chi connectivity index (χ1n) is 14.5. The van der Waals surface area contributed by atoms with Gasteiger partial charge >= 0.3 is 0 Å². The Balaban J connectivity index is 0.00000264. The minimum atomic E-state index is -0.304. The van der Waals surface area contributed by atoms with Gasteiger partial charge in [0.25, 0.3) is 11.8 Å². The van der Waals surface area contributed by atoms with Crippen LogP contribution in [-0.2, 0) is 24.2 Å². The molecule has 238 valence electrons. The van der Waals surface area contributed by atoms with Gasteiger partial charge in [0.15, 0.2) is 0 Å². The summed E-state index contributed by atoms with van der Waals surface area (Å²) in [7, 11) is 1.51. The Morgan fingerprint density at radius 1 is 0.886 bits per heavy atom. The molecule has 3 aromatic rings. The maximum Gasteiger partial charge on any atom is 0.274 e. The van der Waals surface area contributed by atoms with Crippen molar-refractivity contribution < 1.29 is 24.2 Å². The summed E-state index contributed by atoms with van der Waals surface area (Å²) in [4.78, 5) is 45.7. The summed E-state index contributed by atoms with van der Waals surface area (Å²) in [6.45, 7) is 4.00. The van der Waals surface area contributed by atoms with E-state index in [2.05, 4.69) is 20.9 Å². The van der Waals surface area contributed by atoms with Crippen molar-refractivity contribution in [2.75, 3.05) is 46.4 Å². The van der Waals surface area contributed by atoms with Crippen molar-refractivity contribution in [3.63, 3.8) is 0 Å². The van der Waals surface area contributed by atoms with E-state index >= 15 is 0 Å². The minimum Gasteiger partial charge on any atom is -0.507 e. The number of phenolic OH excluding ortho intramolecular Hbond substituents is 1. The van der Waals surface area contributed by atoms with Crippen molar-refractivity contribution in [3.8, 4) is 22.6 Å². The van der Waals surface area contributed by atoms with Crippen molar-refractivity contribution >= 4 is 42.5 Å². The number of amides is 3. The number of benzene rings is 2. The second-order valence-corrected chi connectivity index (χ2v) is 10.6. The van der Waals surface area contributed by atoms with Crippen molar-refractivity contribution in [1.82, 2.24) is 30.4 Å². The lowest BCUT2D eigenvalue weighted by molar-refractivity contribution is -0.121. The summed E-state index contributed by atoms with van der Waals surface area (Å²) >= 11 is 0. The number of hydrogen-bond acceptors (Lipinski definition) is 7. The Kier molecular flexibility index (Phi) is 12.9. The molecule has 0 spiro atoms. The van der Waals surface area contributed by atoms with Gasteiger partial charge < -0.3 is 35.3 Å². The minimum absolute atomic E-state index is 0. The lowest BCUT2D eigenvalue weighted by Gasteiger charge is -2.22. The second kappa shape index (κ2) is 16.3. The highest BCUT2D eigenvalue weighted by Crippen LogP contribution is 2.33. The Labute approximate surface area is 269 Å². The second-order valence-electron chi connectivity index (χ2n) is 10.6. The number of nitrogens with zero attached hydrogens (tertiary/aromatic N) is 3. The highest BCUT2D eigenvalue weighted by Gasteiger charge is 2.22. The number of methoxy groups -OCH3 is 1. The topological polar surface area (TPSA) is 138 Å². The summed E-state index contributed by atoms with van der Waals surface area (Å²) in [5.74, 6) is 0.860. The third kappa shape index (κ3) is 8.43. The number of ether oxygens (including phenoxy) is 1. The molecule has 11 nitrogen and oxygen atoms in total. The Hall–Kier alpha value is -3.80. The molecule has 3 heterocycles. The SMILES string of the molecule is COc1ccc2cc1C(=O)NCCCN(C(=O)c1cn3c(n1)CCNCC3)CCCC(=O)NCCc1ccc(O)c-2c1.Cl.Cl. The van der Waals surface area contributed by atoms with E-state index in [4.69, 9.17) is 4.74 Å². The van der Waals surface area contributed by atoms with Crippen LogP contribution in [0.15, 0.2) is 42.6 Å². The fourth-order valence-electron chi connectivity index (χ4n) is 5.41. The van der Waals surface area contributed by atoms with Gasteiger partial charge in [0.1, 0.15) is 23.0 Å². The molecule has 0 saturated carbocycles. The lowest BCUT2D eigenvalue weighted by Crippen LogP contribution is -2.36. The summed E-state index contributed by atoms with van der Waals surface area (Å²) < 4.78 is 7.48. The van der Waals surface area contributed by atoms with Crippen LogP contribution in [0.4, 0.5) is 0 Å². The van der Waals surface area contributed by atoms with Gasteiger partial charge in [-0.25, -0.2) is 4.98 Å². The first-order valence-corrected chi connectivity index (χ1v) is 14.5. The molecular formula is C31H40Cl2N6O5. The molecule has 44 heavy (non-hydrogen) atoms. The molecule has 2 aliphatic heterocycles. The van der Waals surface area contributed by atoms with Crippen LogP contribution < -0.4 is 20.7 Å². The number of rotatable bonds is 2. The van der Waals surface area contributed by atoms with Gasteiger partial charge in [-0.3, -0.25) is 14.4 Å². The van der Waals surface area contributed by atoms with E-state index in [1.54, 1.807) is 29.2 Å². The molecule has 2 aliphatic rings. The Morgan fingerprint density at radius 3 is 2.52 bits per heavy atom. The summed E-state index contributed by atoms with van der Waals surface area (Å²) in [5, 5.41) is 19.8. The van der Waals surface area contributed by atoms with Crippen LogP contribution in [0.3, 0.4) is 0 Å². The van der Waals surface area contributed by atoms with E-state index < -0.39 is 0 Å². The average Bonchev–Trinajstić information content (AvgIpc) is 3.27. The van der Waals surface area contributed by atoms with Crippen LogP contribution in [0.25, 0.3) is 11.1 Å². The van der Waals surface area contributed by atoms with Gasteiger partial charge in [0.05, 0.1) is 12.7 Å². The molecule has 2 aromatic carbocycles. The molecular weight excluding hydrogens is 607 g/mol. The van der Waals surface area contributed by atoms with Crippen molar-refractivity contribution in [1.29, 1.82) is 0 Å². The molecule has 0 fully saturated rings. The normalized spacial score (nSPS) is 16.2. The molecule has 1 aromatic heterocycles. The molecule has 0 radical (unpaired) electrons. The van der Waals surface area contributed by atoms with E-state index in [1.807, 2.05) is 22.9 Å². The van der Waals surface area contributed by atoms with Crippen LogP contribution in [0.2, 0.25) is 0 Å². The molecule has 0 saturated heterocycles. The molecule has 4 N–H and O–H groups in total. The van der Waals surface area contributed by atoms with E-state index in [1.165, 1.54) is 7.11 Å². The third-order valence-corrected chi connectivity index (χ3v) is 7.69. The molecule has 0 aliphatic carbocycles. The van der Waals surface area contributed by atoms with Gasteiger partial charge in [0.2, 0.25) is 5.91 Å². The van der Waals surface area contributed by atoms with E-state index in [0.29, 0.717) is 80.0 Å². The monoisotopic (exact) mass is 646 g/mol. The average molecular weight is 648 g/mol. The molecule has 3 amide bonds. The predicted octanol–water partition coefficient (Wildman–Crippen LogP) is 2.97. The number of fused-ring (bicyclic) bond motifs is 6. The smallest absolute Gasteiger partial charge is 0.274 e. The van der Waals surface area contributed by atoms with Crippen LogP contribution in [0, 0.1) is 0 Å². The van der Waals surface area contributed by atoms with E-state index in [9.17, 15) is 19.5 Å². The molecule has 13 heteroatoms. The number of carbonyl (C=O) groups is 3. The van der Waals surface area contributed by atoms with E-state index in [-0.39, 0.29) is 48.3 Å². The first-order chi connectivity index (χ1) is 20.4. The maximum atomic E-state index is 13.5. The lowest BCUT2D eigenvalue weighted by atomic mass is 9.98. The van der Waals surface area contributed by atoms with Gasteiger partial charge in [-0.1, -0.05) is 12.1 Å². The zero-order valence-electron chi connectivity index (χ0n) is 24.8. The van der Waals surface area contributed by atoms with Gasteiger partial charge in [-0.15, -0.1) is 24.8 Å². The summed E-state index contributed by atoms with van der Waals surface area (Å²) in [5.41, 5.74) is 2.97. The Morgan fingerprint density at radius 2 is 1.70 bits per heavy atom. The fourth-order valence-corrected chi connectivity index (χ4v) is 5.41. The van der Waals surface area contributed by atoms with Gasteiger partial charge in [-0.2, -0.15) is 0 Å². The molecule has 0 unspecified atom stereocenters. The zero-order chi connectivity index (χ0) is 29.5. The number of nitrogens with one attached hydrogen (secondary N) is 3. The highest BCUT2D eigenvalue weighted by atomic mass is 35.5. The standard InChI is InChI=1S/C31H38N6O5.2ClH/c1-42-27-8-6-22-19-24(27)30(40)34-11-3-16-36(31(41)25-20-37-17-14-32-12-10-28(37)35-25)15-2-4-29(39)33-13-9-21-5-7-26(38)23(22)18-21;;/h5-8,18-20,32,38H,2-4,9-17H2,1H3,(H,33,39)(H,34,40);2*1H. The third-order valence-electron chi connectivity index (χ3n) is 7.69. The van der Waals surface area contributed by atoms with Gasteiger partial charge in [-0.05, 0) is 54.7 Å². The van der Waals surface area contributed by atoms with E-state index in [0.717, 1.165) is 37.4 Å². The van der Waals surface area contributed by atoms with Crippen LogP contribution in [0.5, 0.6) is 11.5 Å². The van der Waals surface area contributed by atoms with Crippen molar-refractivity contribution in [2.45, 2.75) is 38.6 Å². The number of aromatic hydroxyl groups is 1. The number of phenols is 1. The summed E-state index contributed by atoms with van der Waals surface area (Å²) in [6, 6.07) is 10.5. The maximum absolute atomic E-state index is 13.5. The quantitative estimate of drug-likeness (QED) is 0.336. The molecule has 5 rings (SSSR count). The van der Waals surface area contributed by atoms with Crippen LogP contribution >= 0.6 is 24.8 Å². The largest absolute Gasteiger partial charge is 0.507 e. The first kappa shape index (κ1) is 34.7. The number of hydrogen-bond donors (Lipinski definition) is 4. The zero-order valence-corrected chi connectivity index (χ0v) is 26.4. The van der Waals surface area contributed by atoms with Gasteiger partial charge in [0, 0.05) is 70.4 Å². The van der Waals surface area contributed by atoms with Crippen molar-refractivity contribution in [3.05, 3.63) is 65.2 Å². The molecule has 4 bridgehead atoms. The predicted molar refractivity (Wildman–Crippen MR) is 172 cm³/mol. The number of carbonyl (C=O) groups excluding carboxylic acids is 3. The Bertz CT molecular complexity index is 1440. The number of aromatic nitrogens is 2. The van der Waals surface area contributed by atoms with Crippen molar-refractivity contribution in [2.24, 2.45) is 0 Å². The number of imidazole rings is 1. The molecule has 0 atom stereocenters. The van der Waals surface area contributed by atoms with Crippen LogP contribution in [0.1, 0.15) is 51.5 Å². The van der Waals surface area contributed by atoms with Crippen LogP contribution in [-0.4, -0.2) is 83.7 Å². The summed E-state index contributed by atoms with van der Waals surface area (Å²) in [6.07, 6.45) is 4.47. The number of halogens is 2. The highest BCUT2D eigenvalue weighted by molar-refractivity contribution is 5.98. The fraction of sp³-hybridized carbons (Fsp3) is 0.419.